The summed E-state index contributed by atoms with van der Waals surface area (Å²) in [6.45, 7) is 0. The first kappa shape index (κ1) is 10.9. The second-order valence-corrected chi connectivity index (χ2v) is 2.77. The molecular formula is C10H9N3O2. The minimum absolute atomic E-state index is 0.237. The number of nitriles is 1. The summed E-state index contributed by atoms with van der Waals surface area (Å²) in [6, 6.07) is 1.61. The lowest BCUT2D eigenvalue weighted by Crippen LogP contribution is -1.98. The van der Waals surface area contributed by atoms with Gasteiger partial charge in [-0.1, -0.05) is 6.08 Å². The number of nitrogens with zero attached hydrogens (tertiary/aromatic N) is 3. The number of aryl methyl sites for hydroxylation is 1. The van der Waals surface area contributed by atoms with Crippen LogP contribution < -0.4 is 0 Å². The molecule has 0 radical (unpaired) electrons. The predicted molar refractivity (Wildman–Crippen MR) is 51.7 cm³/mol. The fraction of sp³-hybridized carbons (Fsp3) is 0.200. The minimum atomic E-state index is -1.20. The van der Waals surface area contributed by atoms with Crippen molar-refractivity contribution < 1.29 is 9.90 Å². The summed E-state index contributed by atoms with van der Waals surface area (Å²) in [5, 5.41) is 17.0. The van der Waals surface area contributed by atoms with Crippen molar-refractivity contribution in [3.8, 4) is 6.07 Å². The van der Waals surface area contributed by atoms with Crippen molar-refractivity contribution >= 4 is 5.97 Å². The second-order valence-electron chi connectivity index (χ2n) is 2.77. The topological polar surface area (TPSA) is 86.9 Å². The van der Waals surface area contributed by atoms with Gasteiger partial charge in [-0.3, -0.25) is 9.97 Å². The fourth-order valence-electron chi connectivity index (χ4n) is 1.00. The van der Waals surface area contributed by atoms with Crippen molar-refractivity contribution in [2.45, 2.75) is 12.8 Å². The van der Waals surface area contributed by atoms with Gasteiger partial charge < -0.3 is 5.11 Å². The summed E-state index contributed by atoms with van der Waals surface area (Å²) in [5.74, 6) is -1.20. The first-order chi connectivity index (χ1) is 7.24. The summed E-state index contributed by atoms with van der Waals surface area (Å²) in [6.07, 6.45) is 7.18. The molecule has 0 amide bonds. The maximum absolute atomic E-state index is 10.5. The predicted octanol–water partition coefficient (Wildman–Crippen LogP) is 0.944. The van der Waals surface area contributed by atoms with Gasteiger partial charge in [-0.05, 0) is 12.8 Å². The zero-order valence-electron chi connectivity index (χ0n) is 7.92. The average molecular weight is 203 g/mol. The van der Waals surface area contributed by atoms with E-state index in [4.69, 9.17) is 10.4 Å². The average Bonchev–Trinajstić information content (AvgIpc) is 2.25. The molecule has 0 fully saturated rings. The molecule has 0 aliphatic rings. The Morgan fingerprint density at radius 2 is 2.40 bits per heavy atom. The molecule has 0 saturated heterocycles. The van der Waals surface area contributed by atoms with E-state index in [0.29, 0.717) is 12.8 Å². The molecule has 0 aromatic carbocycles. The summed E-state index contributed by atoms with van der Waals surface area (Å²) in [7, 11) is 0. The number of carboxylic acid groups (broad SMARTS) is 1. The van der Waals surface area contributed by atoms with Gasteiger partial charge in [-0.15, -0.1) is 0 Å². The number of carbonyl (C=O) groups is 1. The van der Waals surface area contributed by atoms with Gasteiger partial charge in [0, 0.05) is 18.6 Å². The maximum atomic E-state index is 10.5. The van der Waals surface area contributed by atoms with Crippen LogP contribution in [0.2, 0.25) is 0 Å². The van der Waals surface area contributed by atoms with E-state index in [1.165, 1.54) is 6.08 Å². The molecule has 0 aliphatic heterocycles. The van der Waals surface area contributed by atoms with Crippen LogP contribution in [-0.4, -0.2) is 21.0 Å². The molecule has 0 saturated carbocycles. The van der Waals surface area contributed by atoms with Crippen LogP contribution in [0.25, 0.3) is 0 Å². The van der Waals surface area contributed by atoms with E-state index in [9.17, 15) is 4.79 Å². The lowest BCUT2D eigenvalue weighted by atomic mass is 10.2. The second kappa shape index (κ2) is 5.50. The van der Waals surface area contributed by atoms with Crippen molar-refractivity contribution in [3.63, 3.8) is 0 Å². The summed E-state index contributed by atoms with van der Waals surface area (Å²) in [5.41, 5.74) is 0.537. The Balaban J connectivity index is 2.52. The Kier molecular flexibility index (Phi) is 3.98. The normalized spacial score (nSPS) is 10.7. The fourth-order valence-corrected chi connectivity index (χ4v) is 1.00. The van der Waals surface area contributed by atoms with Crippen LogP contribution in [0.5, 0.6) is 0 Å². The minimum Gasteiger partial charge on any atom is -0.477 e. The third-order valence-electron chi connectivity index (χ3n) is 1.72. The van der Waals surface area contributed by atoms with Crippen molar-refractivity contribution in [2.75, 3.05) is 0 Å². The van der Waals surface area contributed by atoms with E-state index < -0.39 is 5.97 Å². The summed E-state index contributed by atoms with van der Waals surface area (Å²) in [4.78, 5) is 18.4. The number of carboxylic acids is 1. The Morgan fingerprint density at radius 1 is 1.60 bits per heavy atom. The zero-order chi connectivity index (χ0) is 11.1. The highest BCUT2D eigenvalue weighted by atomic mass is 16.4. The van der Waals surface area contributed by atoms with Gasteiger partial charge in [0.1, 0.15) is 11.6 Å². The quantitative estimate of drug-likeness (QED) is 0.581. The molecule has 1 rings (SSSR count). The van der Waals surface area contributed by atoms with Gasteiger partial charge in [-0.2, -0.15) is 5.26 Å². The lowest BCUT2D eigenvalue weighted by molar-refractivity contribution is -0.132. The highest BCUT2D eigenvalue weighted by Gasteiger charge is 2.04. The number of aromatic nitrogens is 2. The van der Waals surface area contributed by atoms with Gasteiger partial charge in [-0.25, -0.2) is 4.79 Å². The molecule has 1 heterocycles. The van der Waals surface area contributed by atoms with Crippen molar-refractivity contribution in [2.24, 2.45) is 0 Å². The van der Waals surface area contributed by atoms with E-state index in [1.54, 1.807) is 24.7 Å². The monoisotopic (exact) mass is 203 g/mol. The third-order valence-corrected chi connectivity index (χ3v) is 1.72. The van der Waals surface area contributed by atoms with Crippen molar-refractivity contribution in [3.05, 3.63) is 35.9 Å². The Hall–Kier alpha value is -2.22. The molecule has 76 valence electrons. The summed E-state index contributed by atoms with van der Waals surface area (Å²) < 4.78 is 0. The van der Waals surface area contributed by atoms with E-state index in [-0.39, 0.29) is 5.57 Å². The van der Waals surface area contributed by atoms with Crippen molar-refractivity contribution in [1.82, 2.24) is 9.97 Å². The van der Waals surface area contributed by atoms with Crippen LogP contribution in [0.3, 0.4) is 0 Å². The Bertz CT molecular complexity index is 406. The van der Waals surface area contributed by atoms with Gasteiger partial charge in [0.25, 0.3) is 0 Å². The third kappa shape index (κ3) is 3.56. The number of hydrogen-bond acceptors (Lipinski definition) is 4. The van der Waals surface area contributed by atoms with E-state index in [1.807, 2.05) is 0 Å². The van der Waals surface area contributed by atoms with Gasteiger partial charge >= 0.3 is 5.97 Å². The van der Waals surface area contributed by atoms with Gasteiger partial charge in [0.05, 0.1) is 5.69 Å². The number of allylic oxidation sites excluding steroid dienone is 1. The highest BCUT2D eigenvalue weighted by molar-refractivity contribution is 5.90. The summed E-state index contributed by atoms with van der Waals surface area (Å²) >= 11 is 0. The molecule has 0 aliphatic carbocycles. The molecule has 15 heavy (non-hydrogen) atoms. The number of hydrogen-bond donors (Lipinski definition) is 1. The van der Waals surface area contributed by atoms with Crippen LogP contribution in [0, 0.1) is 11.3 Å². The highest BCUT2D eigenvalue weighted by Crippen LogP contribution is 2.01. The molecule has 5 heteroatoms. The Morgan fingerprint density at radius 3 is 2.93 bits per heavy atom. The molecule has 0 atom stereocenters. The van der Waals surface area contributed by atoms with Crippen LogP contribution in [0.15, 0.2) is 30.2 Å². The van der Waals surface area contributed by atoms with E-state index in [2.05, 4.69) is 9.97 Å². The Labute approximate surface area is 86.7 Å². The van der Waals surface area contributed by atoms with E-state index in [0.717, 1.165) is 5.69 Å². The number of aliphatic carboxylic acids is 1. The van der Waals surface area contributed by atoms with Crippen LogP contribution >= 0.6 is 0 Å². The largest absolute Gasteiger partial charge is 0.477 e. The number of rotatable bonds is 4. The van der Waals surface area contributed by atoms with E-state index >= 15 is 0 Å². The van der Waals surface area contributed by atoms with Gasteiger partial charge in [0.15, 0.2) is 0 Å². The zero-order valence-corrected chi connectivity index (χ0v) is 7.92. The molecule has 0 unspecified atom stereocenters. The molecule has 0 spiro atoms. The molecule has 1 N–H and O–H groups in total. The first-order valence-corrected chi connectivity index (χ1v) is 4.32. The SMILES string of the molecule is N#CC(=CCCc1cnccn1)C(=O)O. The smallest absolute Gasteiger partial charge is 0.346 e. The van der Waals surface area contributed by atoms with Crippen LogP contribution in [0.1, 0.15) is 12.1 Å². The van der Waals surface area contributed by atoms with Crippen LogP contribution in [0.4, 0.5) is 0 Å². The van der Waals surface area contributed by atoms with Gasteiger partial charge in [0.2, 0.25) is 0 Å². The molecule has 5 nitrogen and oxygen atoms in total. The maximum Gasteiger partial charge on any atom is 0.346 e. The van der Waals surface area contributed by atoms with Crippen LogP contribution in [-0.2, 0) is 11.2 Å². The standard InChI is InChI=1S/C10H9N3O2/c11-6-8(10(14)15)2-1-3-9-7-12-4-5-13-9/h2,4-5,7H,1,3H2,(H,14,15). The molecule has 0 bridgehead atoms. The first-order valence-electron chi connectivity index (χ1n) is 4.32. The molecule has 1 aromatic heterocycles. The van der Waals surface area contributed by atoms with Crippen molar-refractivity contribution in [1.29, 1.82) is 5.26 Å². The molecular weight excluding hydrogens is 194 g/mol. The lowest BCUT2D eigenvalue weighted by Gasteiger charge is -1.95. The molecule has 1 aromatic rings.